The maximum Gasteiger partial charge on any atom is 0.352 e. The molecule has 3 heterocycles. The van der Waals surface area contributed by atoms with Gasteiger partial charge >= 0.3 is 12.0 Å². The number of carboxylic acid groups (broad SMARTS) is 1. The highest BCUT2D eigenvalue weighted by Crippen LogP contribution is 2.44. The second-order valence-electron chi connectivity index (χ2n) is 9.21. The second kappa shape index (κ2) is 9.23. The molecule has 9 nitrogen and oxygen atoms in total. The maximum absolute atomic E-state index is 14.1. The molecule has 11 heteroatoms. The minimum Gasteiger partial charge on any atom is -0.477 e. The zero-order valence-corrected chi connectivity index (χ0v) is 21.0. The Balaban J connectivity index is 1.55. The first-order valence-electron chi connectivity index (χ1n) is 11.4. The number of nitrogens with one attached hydrogen (secondary N) is 2. The van der Waals surface area contributed by atoms with Crippen LogP contribution in [0.1, 0.15) is 46.1 Å². The SMILES string of the molecule is CC(c1c[nH]c(C(=O)O)c1)N1C[C@@H](c2ccc(C#N)cc2)[C@@]2(C1)NC(=O)N(c1cc(Cl)cc(Cl)c1)C2=O. The van der Waals surface area contributed by atoms with E-state index in [0.717, 1.165) is 16.0 Å². The van der Waals surface area contributed by atoms with E-state index in [9.17, 15) is 24.8 Å². The molecule has 0 radical (unpaired) electrons. The molecule has 2 aromatic carbocycles. The van der Waals surface area contributed by atoms with Gasteiger partial charge in [-0.2, -0.15) is 5.26 Å². The van der Waals surface area contributed by atoms with Crippen LogP contribution in [0.4, 0.5) is 10.5 Å². The van der Waals surface area contributed by atoms with Crippen molar-refractivity contribution in [2.75, 3.05) is 18.0 Å². The van der Waals surface area contributed by atoms with Crippen molar-refractivity contribution in [3.8, 4) is 6.07 Å². The predicted molar refractivity (Wildman–Crippen MR) is 137 cm³/mol. The van der Waals surface area contributed by atoms with Gasteiger partial charge in [0.25, 0.3) is 5.91 Å². The number of imide groups is 1. The Morgan fingerprint density at radius 3 is 2.43 bits per heavy atom. The van der Waals surface area contributed by atoms with E-state index in [-0.39, 0.29) is 34.0 Å². The van der Waals surface area contributed by atoms with Gasteiger partial charge in [-0.15, -0.1) is 0 Å². The summed E-state index contributed by atoms with van der Waals surface area (Å²) in [7, 11) is 0. The molecule has 0 saturated carbocycles. The Bertz CT molecular complexity index is 1440. The zero-order chi connectivity index (χ0) is 26.5. The molecule has 0 bridgehead atoms. The lowest BCUT2D eigenvalue weighted by Gasteiger charge is -2.28. The number of hydrogen-bond acceptors (Lipinski definition) is 5. The summed E-state index contributed by atoms with van der Waals surface area (Å²) in [6, 6.07) is 14.2. The second-order valence-corrected chi connectivity index (χ2v) is 10.1. The van der Waals surface area contributed by atoms with Gasteiger partial charge in [0.05, 0.1) is 17.3 Å². The molecule has 2 saturated heterocycles. The van der Waals surface area contributed by atoms with Gasteiger partial charge in [-0.05, 0) is 54.4 Å². The zero-order valence-electron chi connectivity index (χ0n) is 19.5. The number of carbonyl (C=O) groups is 3. The number of H-pyrrole nitrogens is 1. The van der Waals surface area contributed by atoms with Crippen LogP contribution in [-0.4, -0.2) is 51.5 Å². The molecule has 1 unspecified atom stereocenters. The number of aromatic carboxylic acids is 1. The standard InChI is InChI=1S/C26H21Cl2N5O4/c1-14(17-6-22(23(34)35)30-11-17)32-12-21(16-4-2-15(10-29)3-5-16)26(13-32)24(36)33(25(37)31-26)20-8-18(27)7-19(28)9-20/h2-9,11,14,21,30H,12-13H2,1H3,(H,31,37)(H,34,35)/t14?,21-,26+/m0/s1. The molecule has 5 rings (SSSR count). The predicted octanol–water partition coefficient (Wildman–Crippen LogP) is 4.55. The smallest absolute Gasteiger partial charge is 0.352 e. The number of nitrogens with zero attached hydrogens (tertiary/aromatic N) is 3. The van der Waals surface area contributed by atoms with Crippen LogP contribution >= 0.6 is 23.2 Å². The molecule has 1 aromatic heterocycles. The monoisotopic (exact) mass is 537 g/mol. The fraction of sp³-hybridized carbons (Fsp3) is 0.231. The molecule has 3 amide bonds. The van der Waals surface area contributed by atoms with Crippen LogP contribution in [0.5, 0.6) is 0 Å². The molecular weight excluding hydrogens is 517 g/mol. The van der Waals surface area contributed by atoms with Crippen molar-refractivity contribution in [2.24, 2.45) is 0 Å². The van der Waals surface area contributed by atoms with E-state index in [1.54, 1.807) is 36.5 Å². The average molecular weight is 538 g/mol. The number of benzene rings is 2. The molecule has 37 heavy (non-hydrogen) atoms. The highest BCUT2D eigenvalue weighted by atomic mass is 35.5. The Morgan fingerprint density at radius 1 is 1.16 bits per heavy atom. The summed E-state index contributed by atoms with van der Waals surface area (Å²) in [5, 5.41) is 22.0. The summed E-state index contributed by atoms with van der Waals surface area (Å²) >= 11 is 12.3. The lowest BCUT2D eigenvalue weighted by molar-refractivity contribution is -0.122. The number of hydrogen-bond donors (Lipinski definition) is 3. The summed E-state index contributed by atoms with van der Waals surface area (Å²) in [5.74, 6) is -1.96. The molecule has 3 aromatic rings. The highest BCUT2D eigenvalue weighted by Gasteiger charge is 2.61. The summed E-state index contributed by atoms with van der Waals surface area (Å²) in [5.41, 5.74) is 1.02. The number of amides is 3. The Kier molecular flexibility index (Phi) is 6.20. The fourth-order valence-electron chi connectivity index (χ4n) is 5.19. The lowest BCUT2D eigenvalue weighted by Crippen LogP contribution is -2.53. The summed E-state index contributed by atoms with van der Waals surface area (Å²) < 4.78 is 0. The Labute approximate surface area is 222 Å². The largest absolute Gasteiger partial charge is 0.477 e. The van der Waals surface area contributed by atoms with Gasteiger partial charge in [0.2, 0.25) is 0 Å². The third-order valence-electron chi connectivity index (χ3n) is 7.10. The van der Waals surface area contributed by atoms with E-state index in [0.29, 0.717) is 12.1 Å². The van der Waals surface area contributed by atoms with Crippen molar-refractivity contribution in [3.63, 3.8) is 0 Å². The van der Waals surface area contributed by atoms with E-state index in [2.05, 4.69) is 16.4 Å². The molecule has 2 fully saturated rings. The fourth-order valence-corrected chi connectivity index (χ4v) is 5.70. The molecule has 188 valence electrons. The molecule has 3 N–H and O–H groups in total. The van der Waals surface area contributed by atoms with Crippen LogP contribution in [-0.2, 0) is 4.79 Å². The van der Waals surface area contributed by atoms with E-state index in [1.807, 2.05) is 11.8 Å². The van der Waals surface area contributed by atoms with Gasteiger partial charge in [-0.3, -0.25) is 9.69 Å². The summed E-state index contributed by atoms with van der Waals surface area (Å²) in [4.78, 5) is 44.5. The first-order chi connectivity index (χ1) is 17.6. The van der Waals surface area contributed by atoms with Gasteiger partial charge in [-0.25, -0.2) is 14.5 Å². The number of halogens is 2. The highest BCUT2D eigenvalue weighted by molar-refractivity contribution is 6.35. The van der Waals surface area contributed by atoms with Gasteiger partial charge in [-0.1, -0.05) is 35.3 Å². The molecule has 3 atom stereocenters. The molecule has 0 aliphatic carbocycles. The topological polar surface area (TPSA) is 130 Å². The molecule has 2 aliphatic heterocycles. The van der Waals surface area contributed by atoms with Crippen molar-refractivity contribution in [2.45, 2.75) is 24.4 Å². The maximum atomic E-state index is 14.1. The van der Waals surface area contributed by atoms with Crippen LogP contribution < -0.4 is 10.2 Å². The summed E-state index contributed by atoms with van der Waals surface area (Å²) in [6.07, 6.45) is 1.63. The average Bonchev–Trinajstić information content (AvgIpc) is 3.55. The quantitative estimate of drug-likeness (QED) is 0.409. The van der Waals surface area contributed by atoms with Crippen molar-refractivity contribution in [1.82, 2.24) is 15.2 Å². The number of anilines is 1. The molecular formula is C26H21Cl2N5O4. The number of likely N-dealkylation sites (tertiary alicyclic amines) is 1. The van der Waals surface area contributed by atoms with Crippen LogP contribution in [0.15, 0.2) is 54.7 Å². The number of nitriles is 1. The number of carboxylic acids is 1. The van der Waals surface area contributed by atoms with Crippen molar-refractivity contribution in [1.29, 1.82) is 5.26 Å². The van der Waals surface area contributed by atoms with Crippen molar-refractivity contribution >= 4 is 46.8 Å². The van der Waals surface area contributed by atoms with Gasteiger partial charge < -0.3 is 15.4 Å². The van der Waals surface area contributed by atoms with Crippen molar-refractivity contribution < 1.29 is 19.5 Å². The van der Waals surface area contributed by atoms with Gasteiger partial charge in [0.1, 0.15) is 11.2 Å². The first-order valence-corrected chi connectivity index (χ1v) is 12.2. The van der Waals surface area contributed by atoms with Crippen molar-refractivity contribution in [3.05, 3.63) is 87.2 Å². The van der Waals surface area contributed by atoms with E-state index in [4.69, 9.17) is 23.2 Å². The summed E-state index contributed by atoms with van der Waals surface area (Å²) in [6.45, 7) is 2.50. The minimum atomic E-state index is -1.31. The number of rotatable bonds is 5. The molecule has 1 spiro atoms. The first kappa shape index (κ1) is 24.8. The number of aromatic nitrogens is 1. The van der Waals surface area contributed by atoms with Crippen LogP contribution in [0.25, 0.3) is 0 Å². The van der Waals surface area contributed by atoms with Gasteiger partial charge in [0, 0.05) is 41.3 Å². The van der Waals surface area contributed by atoms with E-state index in [1.165, 1.54) is 18.2 Å². The van der Waals surface area contributed by atoms with Crippen LogP contribution in [0, 0.1) is 11.3 Å². The molecule has 2 aliphatic rings. The third-order valence-corrected chi connectivity index (χ3v) is 7.53. The number of aromatic amines is 1. The van der Waals surface area contributed by atoms with Gasteiger partial charge in [0.15, 0.2) is 0 Å². The third kappa shape index (κ3) is 4.23. The Hall–Kier alpha value is -3.84. The lowest BCUT2D eigenvalue weighted by atomic mass is 9.81. The van der Waals surface area contributed by atoms with E-state index < -0.39 is 29.4 Å². The number of urea groups is 1. The minimum absolute atomic E-state index is 0.0636. The van der Waals surface area contributed by atoms with Crippen LogP contribution in [0.3, 0.4) is 0 Å². The van der Waals surface area contributed by atoms with Crippen LogP contribution in [0.2, 0.25) is 10.0 Å². The van der Waals surface area contributed by atoms with E-state index >= 15 is 0 Å². The number of carbonyl (C=O) groups excluding carboxylic acids is 2. The normalized spacial score (nSPS) is 22.3. The Morgan fingerprint density at radius 2 is 1.84 bits per heavy atom.